The summed E-state index contributed by atoms with van der Waals surface area (Å²) in [5.41, 5.74) is 1.37. The third-order valence-corrected chi connectivity index (χ3v) is 2.81. The molecule has 1 aromatic carbocycles. The molecule has 2 aromatic heterocycles. The van der Waals surface area contributed by atoms with E-state index in [9.17, 15) is 4.79 Å². The minimum Gasteiger partial charge on any atom is -0.484 e. The van der Waals surface area contributed by atoms with Gasteiger partial charge in [-0.3, -0.25) is 4.79 Å². The molecule has 0 saturated carbocycles. The maximum atomic E-state index is 11.9. The molecule has 1 amide bonds. The van der Waals surface area contributed by atoms with Crippen molar-refractivity contribution in [2.45, 2.75) is 0 Å². The Morgan fingerprint density at radius 3 is 2.85 bits per heavy atom. The van der Waals surface area contributed by atoms with Gasteiger partial charge in [0.1, 0.15) is 5.75 Å². The van der Waals surface area contributed by atoms with Crippen LogP contribution in [-0.2, 0) is 4.79 Å². The predicted octanol–water partition coefficient (Wildman–Crippen LogP) is 2.35. The number of benzene rings is 1. The zero-order valence-corrected chi connectivity index (χ0v) is 10.7. The standard InChI is InChI=1S/C15H13N3O2/c19-14(11-20-12-5-2-1-3-6-12)17-13-7-4-9-18-10-8-16-15(13)18/h1-10H,11H2,(H,17,19). The van der Waals surface area contributed by atoms with Gasteiger partial charge in [-0.1, -0.05) is 18.2 Å². The number of pyridine rings is 1. The number of carbonyl (C=O) groups excluding carboxylic acids is 1. The normalized spacial score (nSPS) is 10.4. The fraction of sp³-hybridized carbons (Fsp3) is 0.0667. The number of nitrogens with one attached hydrogen (secondary N) is 1. The molecule has 0 spiro atoms. The predicted molar refractivity (Wildman–Crippen MR) is 75.8 cm³/mol. The van der Waals surface area contributed by atoms with Crippen molar-refractivity contribution < 1.29 is 9.53 Å². The van der Waals surface area contributed by atoms with Crippen LogP contribution in [-0.4, -0.2) is 21.9 Å². The van der Waals surface area contributed by atoms with E-state index < -0.39 is 0 Å². The number of ether oxygens (including phenoxy) is 1. The number of hydrogen-bond donors (Lipinski definition) is 1. The average molecular weight is 267 g/mol. The van der Waals surface area contributed by atoms with Gasteiger partial charge in [0.25, 0.3) is 5.91 Å². The van der Waals surface area contributed by atoms with E-state index in [-0.39, 0.29) is 12.5 Å². The molecule has 0 unspecified atom stereocenters. The summed E-state index contributed by atoms with van der Waals surface area (Å²) >= 11 is 0. The van der Waals surface area contributed by atoms with Crippen LogP contribution in [0.1, 0.15) is 0 Å². The highest BCUT2D eigenvalue weighted by Crippen LogP contribution is 2.14. The molecule has 0 bridgehead atoms. The van der Waals surface area contributed by atoms with E-state index in [0.29, 0.717) is 17.1 Å². The monoisotopic (exact) mass is 267 g/mol. The van der Waals surface area contributed by atoms with Gasteiger partial charge in [-0.15, -0.1) is 0 Å². The molecule has 3 aromatic rings. The van der Waals surface area contributed by atoms with E-state index in [0.717, 1.165) is 0 Å². The van der Waals surface area contributed by atoms with Crippen LogP contribution in [0.3, 0.4) is 0 Å². The van der Waals surface area contributed by atoms with Crippen molar-refractivity contribution in [1.82, 2.24) is 9.38 Å². The number of amides is 1. The number of fused-ring (bicyclic) bond motifs is 1. The minimum absolute atomic E-state index is 0.0359. The van der Waals surface area contributed by atoms with Crippen molar-refractivity contribution in [2.24, 2.45) is 0 Å². The lowest BCUT2D eigenvalue weighted by Crippen LogP contribution is -2.20. The molecule has 0 atom stereocenters. The first kappa shape index (κ1) is 12.2. The molecular weight excluding hydrogens is 254 g/mol. The number of carbonyl (C=O) groups is 1. The van der Waals surface area contributed by atoms with E-state index in [1.54, 1.807) is 6.20 Å². The molecule has 100 valence electrons. The molecule has 2 heterocycles. The lowest BCUT2D eigenvalue weighted by Gasteiger charge is -2.08. The van der Waals surface area contributed by atoms with Crippen LogP contribution in [0.15, 0.2) is 61.1 Å². The fourth-order valence-electron chi connectivity index (χ4n) is 1.90. The van der Waals surface area contributed by atoms with E-state index in [1.807, 2.05) is 59.3 Å². The Labute approximate surface area is 115 Å². The molecule has 0 saturated heterocycles. The molecule has 5 nitrogen and oxygen atoms in total. The fourth-order valence-corrected chi connectivity index (χ4v) is 1.90. The van der Waals surface area contributed by atoms with Crippen LogP contribution >= 0.6 is 0 Å². The van der Waals surface area contributed by atoms with E-state index in [1.165, 1.54) is 0 Å². The van der Waals surface area contributed by atoms with Gasteiger partial charge in [0.15, 0.2) is 12.3 Å². The van der Waals surface area contributed by atoms with Gasteiger partial charge in [-0.05, 0) is 24.3 Å². The van der Waals surface area contributed by atoms with Gasteiger partial charge in [0.2, 0.25) is 0 Å². The summed E-state index contributed by atoms with van der Waals surface area (Å²) in [7, 11) is 0. The van der Waals surface area contributed by atoms with Crippen molar-refractivity contribution in [2.75, 3.05) is 11.9 Å². The van der Waals surface area contributed by atoms with Crippen molar-refractivity contribution in [1.29, 1.82) is 0 Å². The molecule has 0 fully saturated rings. The molecule has 0 aliphatic carbocycles. The van der Waals surface area contributed by atoms with E-state index in [2.05, 4.69) is 10.3 Å². The Morgan fingerprint density at radius 2 is 2.00 bits per heavy atom. The SMILES string of the molecule is O=C(COc1ccccc1)Nc1cccn2ccnc12. The Hall–Kier alpha value is -2.82. The van der Waals surface area contributed by atoms with Crippen LogP contribution in [0.25, 0.3) is 5.65 Å². The first-order valence-electron chi connectivity index (χ1n) is 6.22. The number of nitrogens with zero attached hydrogens (tertiary/aromatic N) is 2. The van der Waals surface area contributed by atoms with Gasteiger partial charge < -0.3 is 14.5 Å². The summed E-state index contributed by atoms with van der Waals surface area (Å²) < 4.78 is 7.24. The maximum absolute atomic E-state index is 11.9. The van der Waals surface area contributed by atoms with Gasteiger partial charge in [0.05, 0.1) is 5.69 Å². The molecule has 0 aliphatic rings. The summed E-state index contributed by atoms with van der Waals surface area (Å²) in [4.78, 5) is 16.1. The topological polar surface area (TPSA) is 55.6 Å². The summed E-state index contributed by atoms with van der Waals surface area (Å²) in [6.07, 6.45) is 5.38. The third kappa shape index (κ3) is 2.61. The van der Waals surface area contributed by atoms with Gasteiger partial charge in [-0.2, -0.15) is 0 Å². The smallest absolute Gasteiger partial charge is 0.262 e. The molecule has 1 N–H and O–H groups in total. The van der Waals surface area contributed by atoms with Crippen molar-refractivity contribution in [3.05, 3.63) is 61.1 Å². The Kier molecular flexibility index (Phi) is 3.33. The number of aromatic nitrogens is 2. The molecule has 5 heteroatoms. The van der Waals surface area contributed by atoms with Crippen LogP contribution in [0, 0.1) is 0 Å². The highest BCUT2D eigenvalue weighted by Gasteiger charge is 2.07. The highest BCUT2D eigenvalue weighted by molar-refractivity contribution is 5.95. The van der Waals surface area contributed by atoms with Crippen molar-refractivity contribution in [3.8, 4) is 5.75 Å². The number of rotatable bonds is 4. The van der Waals surface area contributed by atoms with Crippen molar-refractivity contribution >= 4 is 17.2 Å². The van der Waals surface area contributed by atoms with Crippen molar-refractivity contribution in [3.63, 3.8) is 0 Å². The molecule has 20 heavy (non-hydrogen) atoms. The Bertz CT molecular complexity index is 722. The maximum Gasteiger partial charge on any atom is 0.262 e. The summed E-state index contributed by atoms with van der Waals surface area (Å²) in [6.45, 7) is -0.0359. The highest BCUT2D eigenvalue weighted by atomic mass is 16.5. The van der Waals surface area contributed by atoms with Gasteiger partial charge >= 0.3 is 0 Å². The van der Waals surface area contributed by atoms with Crippen LogP contribution in [0.4, 0.5) is 5.69 Å². The molecule has 0 radical (unpaired) electrons. The average Bonchev–Trinajstić information content (AvgIpc) is 2.96. The molecule has 0 aliphatic heterocycles. The van der Waals surface area contributed by atoms with Gasteiger partial charge in [-0.25, -0.2) is 4.98 Å². The van der Waals surface area contributed by atoms with E-state index >= 15 is 0 Å². The first-order chi connectivity index (χ1) is 9.83. The number of imidazole rings is 1. The van der Waals surface area contributed by atoms with E-state index in [4.69, 9.17) is 4.74 Å². The first-order valence-corrected chi connectivity index (χ1v) is 6.22. The van der Waals surface area contributed by atoms with Crippen LogP contribution in [0.5, 0.6) is 5.75 Å². The van der Waals surface area contributed by atoms with Crippen LogP contribution < -0.4 is 10.1 Å². The number of para-hydroxylation sites is 1. The zero-order chi connectivity index (χ0) is 13.8. The summed E-state index contributed by atoms with van der Waals surface area (Å²) in [5.74, 6) is 0.451. The summed E-state index contributed by atoms with van der Waals surface area (Å²) in [6, 6.07) is 12.9. The largest absolute Gasteiger partial charge is 0.484 e. The lowest BCUT2D eigenvalue weighted by molar-refractivity contribution is -0.118. The van der Waals surface area contributed by atoms with Gasteiger partial charge in [0, 0.05) is 18.6 Å². The Balaban J connectivity index is 1.66. The second kappa shape index (κ2) is 5.44. The number of anilines is 1. The van der Waals surface area contributed by atoms with Crippen LogP contribution in [0.2, 0.25) is 0 Å². The molecular formula is C15H13N3O2. The molecule has 3 rings (SSSR count). The Morgan fingerprint density at radius 1 is 1.15 bits per heavy atom. The quantitative estimate of drug-likeness (QED) is 0.789. The minimum atomic E-state index is -0.218. The second-order valence-electron chi connectivity index (χ2n) is 4.23. The lowest BCUT2D eigenvalue weighted by atomic mass is 10.3. The second-order valence-corrected chi connectivity index (χ2v) is 4.23. The summed E-state index contributed by atoms with van der Waals surface area (Å²) in [5, 5.41) is 2.79. The zero-order valence-electron chi connectivity index (χ0n) is 10.7. The third-order valence-electron chi connectivity index (χ3n) is 2.81. The number of hydrogen-bond acceptors (Lipinski definition) is 3.